The van der Waals surface area contributed by atoms with Crippen molar-refractivity contribution in [1.29, 1.82) is 0 Å². The predicted molar refractivity (Wildman–Crippen MR) is 103 cm³/mol. The summed E-state index contributed by atoms with van der Waals surface area (Å²) in [5.74, 6) is 1.06. The smallest absolute Gasteiger partial charge is 0.413 e. The Morgan fingerprint density at radius 2 is 1.96 bits per heavy atom. The molecule has 1 saturated heterocycles. The number of rotatable bonds is 3. The first-order chi connectivity index (χ1) is 12.4. The van der Waals surface area contributed by atoms with Gasteiger partial charge in [0, 0.05) is 11.7 Å². The number of amides is 1. The summed E-state index contributed by atoms with van der Waals surface area (Å²) in [5, 5.41) is 2.76. The summed E-state index contributed by atoms with van der Waals surface area (Å²) in [6, 6.07) is 3.79. The number of carbonyl (C=O) groups is 1. The highest BCUT2D eigenvalue weighted by atomic mass is 16.6. The van der Waals surface area contributed by atoms with Crippen molar-refractivity contribution in [3.8, 4) is 0 Å². The van der Waals surface area contributed by atoms with Gasteiger partial charge in [-0.15, -0.1) is 0 Å². The van der Waals surface area contributed by atoms with E-state index in [-0.39, 0.29) is 11.6 Å². The minimum atomic E-state index is -0.407. The third kappa shape index (κ3) is 3.70. The number of piperidine rings is 1. The molecule has 2 N–H and O–H groups in total. The quantitative estimate of drug-likeness (QED) is 0.862. The number of H-pyrrole nitrogens is 1. The van der Waals surface area contributed by atoms with E-state index in [4.69, 9.17) is 4.74 Å². The molecule has 1 aliphatic carbocycles. The van der Waals surface area contributed by atoms with Gasteiger partial charge in [-0.25, -0.2) is 9.78 Å². The van der Waals surface area contributed by atoms with Crippen LogP contribution in [0.4, 0.5) is 10.6 Å². The zero-order valence-corrected chi connectivity index (χ0v) is 15.8. The molecular weight excluding hydrogens is 328 g/mol. The lowest BCUT2D eigenvalue weighted by Crippen LogP contribution is -2.45. The van der Waals surface area contributed by atoms with Crippen LogP contribution in [0, 0.1) is 0 Å². The molecule has 1 saturated carbocycles. The fraction of sp³-hybridized carbons (Fsp3) is 0.600. The minimum absolute atomic E-state index is 0.0922. The second-order valence-electron chi connectivity index (χ2n) is 8.50. The first kappa shape index (κ1) is 17.3. The van der Waals surface area contributed by atoms with Crippen molar-refractivity contribution in [3.05, 3.63) is 23.9 Å². The van der Waals surface area contributed by atoms with E-state index in [0.29, 0.717) is 11.7 Å². The number of anilines is 1. The van der Waals surface area contributed by atoms with E-state index in [1.165, 1.54) is 5.56 Å². The molecule has 0 radical (unpaired) electrons. The molecule has 2 aromatic rings. The van der Waals surface area contributed by atoms with Gasteiger partial charge in [-0.05, 0) is 83.2 Å². The molecule has 140 valence electrons. The Morgan fingerprint density at radius 3 is 2.62 bits per heavy atom. The molecule has 0 unspecified atom stereocenters. The lowest BCUT2D eigenvalue weighted by Gasteiger charge is -2.40. The Morgan fingerprint density at radius 1 is 1.23 bits per heavy atom. The Hall–Kier alpha value is -2.08. The van der Waals surface area contributed by atoms with E-state index >= 15 is 0 Å². The molecule has 0 atom stereocenters. The number of aromatic nitrogens is 2. The standard InChI is InChI=1S/C20H28N4O2/c1-20(2,3)24-10-8-13(9-11-24)15-12-21-16-6-7-17(22-18(15)16)23-19(25)26-14-4-5-14/h6-7,12-14,21H,4-5,8-11H2,1-3H3,(H,22,23,25). The van der Waals surface area contributed by atoms with Crippen LogP contribution >= 0.6 is 0 Å². The highest BCUT2D eigenvalue weighted by molar-refractivity contribution is 5.87. The molecule has 0 aromatic carbocycles. The van der Waals surface area contributed by atoms with E-state index in [1.54, 1.807) is 0 Å². The van der Waals surface area contributed by atoms with Crippen molar-refractivity contribution >= 4 is 22.9 Å². The van der Waals surface area contributed by atoms with Crippen molar-refractivity contribution in [2.45, 2.75) is 64.0 Å². The van der Waals surface area contributed by atoms with Crippen molar-refractivity contribution < 1.29 is 9.53 Å². The molecule has 26 heavy (non-hydrogen) atoms. The summed E-state index contributed by atoms with van der Waals surface area (Å²) in [6.07, 6.45) is 5.97. The maximum absolute atomic E-state index is 11.9. The molecular formula is C20H28N4O2. The fourth-order valence-electron chi connectivity index (χ4n) is 3.73. The average Bonchev–Trinajstić information content (AvgIpc) is 3.30. The lowest BCUT2D eigenvalue weighted by molar-refractivity contribution is 0.102. The van der Waals surface area contributed by atoms with E-state index < -0.39 is 6.09 Å². The monoisotopic (exact) mass is 356 g/mol. The van der Waals surface area contributed by atoms with Crippen LogP contribution in [-0.2, 0) is 4.74 Å². The van der Waals surface area contributed by atoms with Gasteiger partial charge >= 0.3 is 6.09 Å². The topological polar surface area (TPSA) is 70.2 Å². The molecule has 0 spiro atoms. The third-order valence-corrected chi connectivity index (χ3v) is 5.46. The average molecular weight is 356 g/mol. The predicted octanol–water partition coefficient (Wildman–Crippen LogP) is 4.25. The van der Waals surface area contributed by atoms with Gasteiger partial charge in [0.05, 0.1) is 11.0 Å². The number of hydrogen-bond donors (Lipinski definition) is 2. The number of pyridine rings is 1. The van der Waals surface area contributed by atoms with Gasteiger partial charge in [0.1, 0.15) is 11.9 Å². The maximum atomic E-state index is 11.9. The van der Waals surface area contributed by atoms with Crippen LogP contribution in [0.25, 0.3) is 11.0 Å². The summed E-state index contributed by atoms with van der Waals surface area (Å²) in [6.45, 7) is 9.04. The van der Waals surface area contributed by atoms with Gasteiger partial charge in [0.15, 0.2) is 0 Å². The molecule has 1 aliphatic heterocycles. The highest BCUT2D eigenvalue weighted by Gasteiger charge is 2.29. The van der Waals surface area contributed by atoms with E-state index in [2.05, 4.69) is 47.2 Å². The Kier molecular flexibility index (Phi) is 4.39. The van der Waals surface area contributed by atoms with Crippen LogP contribution in [0.5, 0.6) is 0 Å². The number of nitrogens with one attached hydrogen (secondary N) is 2. The molecule has 2 aromatic heterocycles. The van der Waals surface area contributed by atoms with E-state index in [0.717, 1.165) is 49.8 Å². The van der Waals surface area contributed by atoms with Gasteiger partial charge in [-0.3, -0.25) is 10.2 Å². The Balaban J connectivity index is 1.49. The van der Waals surface area contributed by atoms with Gasteiger partial charge in [-0.2, -0.15) is 0 Å². The first-order valence-corrected chi connectivity index (χ1v) is 9.61. The second kappa shape index (κ2) is 6.58. The molecule has 3 heterocycles. The number of ether oxygens (including phenoxy) is 1. The molecule has 4 rings (SSSR count). The molecule has 1 amide bonds. The Labute approximate surface area is 154 Å². The van der Waals surface area contributed by atoms with Gasteiger partial charge in [-0.1, -0.05) is 0 Å². The van der Waals surface area contributed by atoms with Crippen LogP contribution in [-0.4, -0.2) is 45.7 Å². The van der Waals surface area contributed by atoms with Gasteiger partial charge < -0.3 is 9.72 Å². The van der Waals surface area contributed by atoms with Crippen molar-refractivity contribution in [3.63, 3.8) is 0 Å². The third-order valence-electron chi connectivity index (χ3n) is 5.46. The summed E-state index contributed by atoms with van der Waals surface area (Å²) >= 11 is 0. The second-order valence-corrected chi connectivity index (χ2v) is 8.50. The normalized spacial score (nSPS) is 19.7. The molecule has 2 aliphatic rings. The van der Waals surface area contributed by atoms with Crippen molar-refractivity contribution in [2.75, 3.05) is 18.4 Å². The number of aromatic amines is 1. The summed E-state index contributed by atoms with van der Waals surface area (Å²) < 4.78 is 5.25. The lowest BCUT2D eigenvalue weighted by atomic mass is 9.88. The minimum Gasteiger partial charge on any atom is -0.446 e. The van der Waals surface area contributed by atoms with Crippen LogP contribution in [0.1, 0.15) is 57.9 Å². The summed E-state index contributed by atoms with van der Waals surface area (Å²) in [4.78, 5) is 22.4. The van der Waals surface area contributed by atoms with Gasteiger partial charge in [0.25, 0.3) is 0 Å². The van der Waals surface area contributed by atoms with Crippen LogP contribution < -0.4 is 5.32 Å². The zero-order chi connectivity index (χ0) is 18.3. The van der Waals surface area contributed by atoms with Crippen LogP contribution in [0.2, 0.25) is 0 Å². The van der Waals surface area contributed by atoms with Crippen molar-refractivity contribution in [1.82, 2.24) is 14.9 Å². The number of hydrogen-bond acceptors (Lipinski definition) is 4. The fourth-order valence-corrected chi connectivity index (χ4v) is 3.73. The number of fused-ring (bicyclic) bond motifs is 1. The first-order valence-electron chi connectivity index (χ1n) is 9.61. The summed E-state index contributed by atoms with van der Waals surface area (Å²) in [5.41, 5.74) is 3.46. The van der Waals surface area contributed by atoms with Gasteiger partial charge in [0.2, 0.25) is 0 Å². The van der Waals surface area contributed by atoms with Crippen LogP contribution in [0.15, 0.2) is 18.3 Å². The molecule has 6 nitrogen and oxygen atoms in total. The number of likely N-dealkylation sites (tertiary alicyclic amines) is 1. The molecule has 0 bridgehead atoms. The Bertz CT molecular complexity index is 796. The van der Waals surface area contributed by atoms with E-state index in [9.17, 15) is 4.79 Å². The molecule has 6 heteroatoms. The highest BCUT2D eigenvalue weighted by Crippen LogP contribution is 2.34. The summed E-state index contributed by atoms with van der Waals surface area (Å²) in [7, 11) is 0. The maximum Gasteiger partial charge on any atom is 0.413 e. The van der Waals surface area contributed by atoms with Crippen molar-refractivity contribution in [2.24, 2.45) is 0 Å². The van der Waals surface area contributed by atoms with E-state index in [1.807, 2.05) is 12.1 Å². The SMILES string of the molecule is CC(C)(C)N1CCC(c2c[nH]c3ccc(NC(=O)OC4CC4)nc23)CC1. The number of carbonyl (C=O) groups excluding carboxylic acids is 1. The largest absolute Gasteiger partial charge is 0.446 e. The molecule has 2 fully saturated rings. The number of nitrogens with zero attached hydrogens (tertiary/aromatic N) is 2. The zero-order valence-electron chi connectivity index (χ0n) is 15.8. The van der Waals surface area contributed by atoms with Crippen LogP contribution in [0.3, 0.4) is 0 Å².